The minimum Gasteiger partial charge on any atom is -0.483 e. The van der Waals surface area contributed by atoms with Gasteiger partial charge in [0.2, 0.25) is 0 Å². The number of aromatic nitrogens is 4. The Morgan fingerprint density at radius 3 is 2.55 bits per heavy atom. The first kappa shape index (κ1) is 20.9. The predicted molar refractivity (Wildman–Crippen MR) is 110 cm³/mol. The number of likely N-dealkylation sites (tertiary alicyclic amines) is 1. The molecule has 1 aromatic carbocycles. The maximum atomic E-state index is 14.2. The van der Waals surface area contributed by atoms with E-state index in [0.717, 1.165) is 12.3 Å². The number of ether oxygens (including phenoxy) is 1. The Kier molecular flexibility index (Phi) is 5.19. The van der Waals surface area contributed by atoms with Gasteiger partial charge in [0.05, 0.1) is 25.3 Å². The molecule has 3 aromatic rings. The van der Waals surface area contributed by atoms with Crippen LogP contribution in [0.25, 0.3) is 11.5 Å². The van der Waals surface area contributed by atoms with Crippen LogP contribution in [0.1, 0.15) is 18.0 Å². The van der Waals surface area contributed by atoms with E-state index < -0.39 is 35.6 Å². The van der Waals surface area contributed by atoms with E-state index in [1.54, 1.807) is 7.05 Å². The highest BCUT2D eigenvalue weighted by molar-refractivity contribution is 5.79. The number of nitrogens with zero attached hydrogens (tertiary/aromatic N) is 7. The van der Waals surface area contributed by atoms with Crippen molar-refractivity contribution in [1.29, 1.82) is 0 Å². The monoisotopic (exact) mass is 457 g/mol. The van der Waals surface area contributed by atoms with Gasteiger partial charge in [-0.2, -0.15) is 10.2 Å². The Bertz CT molecular complexity index is 1220. The second-order valence-corrected chi connectivity index (χ2v) is 7.73. The first-order valence-electron chi connectivity index (χ1n) is 10.1. The van der Waals surface area contributed by atoms with Crippen LogP contribution in [-0.2, 0) is 7.05 Å². The molecule has 4 heterocycles. The zero-order chi connectivity index (χ0) is 23.1. The number of pyridine rings is 1. The molecule has 1 saturated heterocycles. The van der Waals surface area contributed by atoms with E-state index in [-0.39, 0.29) is 18.8 Å². The fourth-order valence-corrected chi connectivity index (χ4v) is 3.80. The number of carbonyl (C=O) groups excluding carboxylic acids is 1. The van der Waals surface area contributed by atoms with Crippen molar-refractivity contribution < 1.29 is 22.7 Å². The highest BCUT2D eigenvalue weighted by Crippen LogP contribution is 2.32. The van der Waals surface area contributed by atoms with Gasteiger partial charge in [0, 0.05) is 31.8 Å². The summed E-state index contributed by atoms with van der Waals surface area (Å²) >= 11 is 0. The molecule has 0 N–H and O–H groups in total. The van der Waals surface area contributed by atoms with E-state index in [2.05, 4.69) is 20.2 Å². The smallest absolute Gasteiger partial charge is 0.341 e. The van der Waals surface area contributed by atoms with Gasteiger partial charge >= 0.3 is 6.03 Å². The maximum absolute atomic E-state index is 14.2. The summed E-state index contributed by atoms with van der Waals surface area (Å²) in [5, 5.41) is 9.24. The lowest BCUT2D eigenvalue weighted by Gasteiger charge is -2.41. The van der Waals surface area contributed by atoms with E-state index in [0.29, 0.717) is 23.5 Å². The van der Waals surface area contributed by atoms with Crippen LogP contribution < -0.4 is 4.74 Å². The molecule has 0 spiro atoms. The molecule has 1 fully saturated rings. The van der Waals surface area contributed by atoms with Crippen molar-refractivity contribution in [2.24, 2.45) is 12.1 Å². The number of aryl methyl sites for hydroxylation is 1. The van der Waals surface area contributed by atoms with Gasteiger partial charge in [-0.05, 0) is 17.7 Å². The highest BCUT2D eigenvalue weighted by atomic mass is 19.1. The number of benzene rings is 1. The fraction of sp³-hybridized carbons (Fsp3) is 0.286. The molecule has 33 heavy (non-hydrogen) atoms. The van der Waals surface area contributed by atoms with Gasteiger partial charge in [-0.1, -0.05) is 0 Å². The van der Waals surface area contributed by atoms with Crippen LogP contribution in [0.4, 0.5) is 18.0 Å². The summed E-state index contributed by atoms with van der Waals surface area (Å²) in [7, 11) is 1.69. The number of urea groups is 1. The fourth-order valence-electron chi connectivity index (χ4n) is 3.80. The summed E-state index contributed by atoms with van der Waals surface area (Å²) in [6, 6.07) is 3.56. The van der Waals surface area contributed by atoms with Crippen molar-refractivity contribution in [3.8, 4) is 17.3 Å². The number of amides is 2. The lowest BCUT2D eigenvalue weighted by molar-refractivity contribution is 0.0256. The minimum absolute atomic E-state index is 0.00703. The predicted octanol–water partition coefficient (Wildman–Crippen LogP) is 2.91. The quantitative estimate of drug-likeness (QED) is 0.601. The van der Waals surface area contributed by atoms with E-state index >= 15 is 0 Å². The molecule has 5 rings (SSSR count). The Morgan fingerprint density at radius 2 is 1.85 bits per heavy atom. The lowest BCUT2D eigenvalue weighted by atomic mass is 10.0. The Morgan fingerprint density at radius 1 is 1.09 bits per heavy atom. The number of hydrogen-bond acceptors (Lipinski definition) is 6. The maximum Gasteiger partial charge on any atom is 0.341 e. The molecule has 0 radical (unpaired) electrons. The largest absolute Gasteiger partial charge is 0.483 e. The van der Waals surface area contributed by atoms with Crippen LogP contribution in [-0.4, -0.2) is 61.1 Å². The molecule has 2 aliphatic rings. The van der Waals surface area contributed by atoms with Gasteiger partial charge in [-0.25, -0.2) is 37.6 Å². The van der Waals surface area contributed by atoms with Gasteiger partial charge in [0.15, 0.2) is 17.4 Å². The Labute approximate surface area is 186 Å². The topological polar surface area (TPSA) is 88.7 Å². The second-order valence-electron chi connectivity index (χ2n) is 7.73. The summed E-state index contributed by atoms with van der Waals surface area (Å²) in [5.74, 6) is -1.63. The average Bonchev–Trinajstić information content (AvgIpc) is 3.39. The SMILES string of the molecule is Cn1ncnc1-c1cc(OC2CN(C(=O)N3N=CCC3c3cc(F)cc(F)c3)C2)c(F)cn1. The number of halogens is 3. The third-order valence-corrected chi connectivity index (χ3v) is 5.47. The van der Waals surface area contributed by atoms with E-state index in [4.69, 9.17) is 4.74 Å². The number of rotatable bonds is 4. The van der Waals surface area contributed by atoms with Crippen molar-refractivity contribution in [3.05, 3.63) is 59.8 Å². The average molecular weight is 457 g/mol. The molecule has 170 valence electrons. The Balaban J connectivity index is 1.24. The Hall–Kier alpha value is -3.96. The minimum atomic E-state index is -0.721. The lowest BCUT2D eigenvalue weighted by Crippen LogP contribution is -2.58. The van der Waals surface area contributed by atoms with Gasteiger partial charge in [-0.3, -0.25) is 0 Å². The molecule has 0 saturated carbocycles. The van der Waals surface area contributed by atoms with Crippen LogP contribution in [0, 0.1) is 17.5 Å². The van der Waals surface area contributed by atoms with Gasteiger partial charge in [-0.15, -0.1) is 0 Å². The zero-order valence-electron chi connectivity index (χ0n) is 17.4. The molecular weight excluding hydrogens is 439 g/mol. The molecular formula is C21H18F3N7O2. The van der Waals surface area contributed by atoms with Crippen molar-refractivity contribution in [3.63, 3.8) is 0 Å². The number of carbonyl (C=O) groups is 1. The van der Waals surface area contributed by atoms with Crippen molar-refractivity contribution >= 4 is 12.2 Å². The second kappa shape index (κ2) is 8.19. The summed E-state index contributed by atoms with van der Waals surface area (Å²) in [4.78, 5) is 22.5. The molecule has 0 bridgehead atoms. The molecule has 1 atom stereocenters. The van der Waals surface area contributed by atoms with E-state index in [9.17, 15) is 18.0 Å². The molecule has 9 nitrogen and oxygen atoms in total. The third-order valence-electron chi connectivity index (χ3n) is 5.47. The van der Waals surface area contributed by atoms with Crippen molar-refractivity contribution in [2.75, 3.05) is 13.1 Å². The summed E-state index contributed by atoms with van der Waals surface area (Å²) in [6.45, 7) is 0.409. The molecule has 0 aliphatic carbocycles. The standard InChI is InChI=1S/C21H18F3N7O2/c1-29-20(26-11-28-29)17-7-19(16(24)8-25-17)33-15-9-30(10-15)21(32)31-18(2-3-27-31)12-4-13(22)6-14(23)5-12/h3-8,11,15,18H,2,9-10H2,1H3. The molecule has 2 amide bonds. The molecule has 12 heteroatoms. The first-order chi connectivity index (χ1) is 15.9. The van der Waals surface area contributed by atoms with Crippen LogP contribution in [0.5, 0.6) is 5.75 Å². The van der Waals surface area contributed by atoms with Crippen LogP contribution in [0.3, 0.4) is 0 Å². The van der Waals surface area contributed by atoms with Gasteiger partial charge < -0.3 is 9.64 Å². The van der Waals surface area contributed by atoms with Crippen LogP contribution >= 0.6 is 0 Å². The third kappa shape index (κ3) is 3.99. The van der Waals surface area contributed by atoms with Gasteiger partial charge in [0.1, 0.15) is 29.8 Å². The number of hydrazone groups is 1. The first-order valence-corrected chi connectivity index (χ1v) is 10.1. The zero-order valence-corrected chi connectivity index (χ0v) is 17.4. The molecule has 2 aliphatic heterocycles. The van der Waals surface area contributed by atoms with Crippen LogP contribution in [0.15, 0.2) is 41.9 Å². The molecule has 1 unspecified atom stereocenters. The normalized spacial score (nSPS) is 18.0. The summed E-state index contributed by atoms with van der Waals surface area (Å²) in [5.41, 5.74) is 0.720. The van der Waals surface area contributed by atoms with Crippen LogP contribution in [0.2, 0.25) is 0 Å². The van der Waals surface area contributed by atoms with Crippen molar-refractivity contribution in [2.45, 2.75) is 18.6 Å². The summed E-state index contributed by atoms with van der Waals surface area (Å²) < 4.78 is 48.7. The van der Waals surface area contributed by atoms with E-state index in [1.807, 2.05) is 0 Å². The molecule has 2 aromatic heterocycles. The van der Waals surface area contributed by atoms with Gasteiger partial charge in [0.25, 0.3) is 0 Å². The van der Waals surface area contributed by atoms with Crippen molar-refractivity contribution in [1.82, 2.24) is 29.7 Å². The summed E-state index contributed by atoms with van der Waals surface area (Å²) in [6.07, 6.45) is 3.84. The number of hydrogen-bond donors (Lipinski definition) is 0. The highest BCUT2D eigenvalue weighted by Gasteiger charge is 2.39. The van der Waals surface area contributed by atoms with E-state index in [1.165, 1.54) is 45.3 Å².